The molecule has 27 heavy (non-hydrogen) atoms. The highest BCUT2D eigenvalue weighted by Crippen LogP contribution is 2.28. The summed E-state index contributed by atoms with van der Waals surface area (Å²) >= 11 is 1.49. The lowest BCUT2D eigenvalue weighted by Gasteiger charge is -2.29. The van der Waals surface area contributed by atoms with Crippen LogP contribution in [0.2, 0.25) is 0 Å². The normalized spacial score (nSPS) is 19.2. The lowest BCUT2D eigenvalue weighted by Crippen LogP contribution is -2.52. The average molecular weight is 385 g/mol. The molecule has 0 spiro atoms. The van der Waals surface area contributed by atoms with Crippen molar-refractivity contribution in [3.05, 3.63) is 46.0 Å². The standard InChI is InChI=1S/C18H19N5O3S/c19-6-12-9-27-18(21-12)20-7-10-1-2-11-8-23(17(26)13(11)5-10)14-3-4-15(24)22-16(14)25/h1-2,5,9,14H,3-4,6-8,19H2,(H,20,21)(H,22,24,25). The molecule has 1 fully saturated rings. The maximum Gasteiger partial charge on any atom is 0.255 e. The van der Waals surface area contributed by atoms with Gasteiger partial charge in [-0.25, -0.2) is 4.98 Å². The Morgan fingerprint density at radius 3 is 2.93 bits per heavy atom. The van der Waals surface area contributed by atoms with Crippen molar-refractivity contribution in [1.29, 1.82) is 0 Å². The fourth-order valence-corrected chi connectivity index (χ4v) is 4.09. The SMILES string of the molecule is NCc1csc(NCc2ccc3c(c2)C(=O)N(C2CCC(=O)NC2=O)C3)n1. The van der Waals surface area contributed by atoms with Crippen molar-refractivity contribution in [3.63, 3.8) is 0 Å². The number of anilines is 1. The molecule has 2 aliphatic heterocycles. The smallest absolute Gasteiger partial charge is 0.255 e. The van der Waals surface area contributed by atoms with E-state index in [4.69, 9.17) is 5.73 Å². The first-order valence-corrected chi connectivity index (χ1v) is 9.58. The third-order valence-electron chi connectivity index (χ3n) is 4.80. The molecule has 9 heteroatoms. The third kappa shape index (κ3) is 3.43. The summed E-state index contributed by atoms with van der Waals surface area (Å²) in [6.07, 6.45) is 0.622. The van der Waals surface area contributed by atoms with Crippen molar-refractivity contribution in [2.75, 3.05) is 5.32 Å². The highest BCUT2D eigenvalue weighted by molar-refractivity contribution is 7.13. The van der Waals surface area contributed by atoms with Crippen molar-refractivity contribution >= 4 is 34.2 Å². The molecule has 1 atom stereocenters. The molecule has 2 aliphatic rings. The minimum Gasteiger partial charge on any atom is -0.357 e. The maximum absolute atomic E-state index is 12.8. The summed E-state index contributed by atoms with van der Waals surface area (Å²) in [6, 6.07) is 5.15. The van der Waals surface area contributed by atoms with Crippen LogP contribution in [0.5, 0.6) is 0 Å². The Hall–Kier alpha value is -2.78. The average Bonchev–Trinajstić information content (AvgIpc) is 3.25. The van der Waals surface area contributed by atoms with E-state index in [9.17, 15) is 14.4 Å². The molecule has 4 N–H and O–H groups in total. The second kappa shape index (κ2) is 7.09. The van der Waals surface area contributed by atoms with Gasteiger partial charge < -0.3 is 16.0 Å². The number of carbonyl (C=O) groups excluding carboxylic acids is 3. The first-order chi connectivity index (χ1) is 13.0. The molecule has 3 amide bonds. The monoisotopic (exact) mass is 385 g/mol. The Kier molecular flexibility index (Phi) is 4.63. The number of nitrogens with one attached hydrogen (secondary N) is 2. The zero-order chi connectivity index (χ0) is 19.0. The number of benzene rings is 1. The van der Waals surface area contributed by atoms with Crippen LogP contribution in [0.15, 0.2) is 23.6 Å². The molecule has 4 rings (SSSR count). The quantitative estimate of drug-likeness (QED) is 0.661. The fourth-order valence-electron chi connectivity index (χ4n) is 3.37. The maximum atomic E-state index is 12.8. The first kappa shape index (κ1) is 17.6. The van der Waals surface area contributed by atoms with Crippen molar-refractivity contribution in [1.82, 2.24) is 15.2 Å². The Bertz CT molecular complexity index is 925. The molecule has 0 aliphatic carbocycles. The van der Waals surface area contributed by atoms with Gasteiger partial charge in [0.2, 0.25) is 11.8 Å². The largest absolute Gasteiger partial charge is 0.357 e. The topological polar surface area (TPSA) is 117 Å². The van der Waals surface area contributed by atoms with Gasteiger partial charge in [0.15, 0.2) is 5.13 Å². The lowest BCUT2D eigenvalue weighted by atomic mass is 10.0. The number of rotatable bonds is 5. The van der Waals surface area contributed by atoms with Gasteiger partial charge in [-0.2, -0.15) is 0 Å². The molecule has 3 heterocycles. The van der Waals surface area contributed by atoms with Gasteiger partial charge in [0.05, 0.1) is 5.69 Å². The third-order valence-corrected chi connectivity index (χ3v) is 5.65. The van der Waals surface area contributed by atoms with Gasteiger partial charge >= 0.3 is 0 Å². The minimum atomic E-state index is -0.589. The molecule has 8 nitrogen and oxygen atoms in total. The molecule has 0 radical (unpaired) electrons. The van der Waals surface area contributed by atoms with E-state index in [1.165, 1.54) is 11.3 Å². The van der Waals surface area contributed by atoms with Crippen LogP contribution in [0.25, 0.3) is 0 Å². The number of hydrogen-bond donors (Lipinski definition) is 3. The zero-order valence-corrected chi connectivity index (χ0v) is 15.3. The predicted molar refractivity (Wildman–Crippen MR) is 99.8 cm³/mol. The second-order valence-electron chi connectivity index (χ2n) is 6.59. The number of hydrogen-bond acceptors (Lipinski definition) is 7. The van der Waals surface area contributed by atoms with Gasteiger partial charge in [-0.3, -0.25) is 19.7 Å². The highest BCUT2D eigenvalue weighted by Gasteiger charge is 2.39. The van der Waals surface area contributed by atoms with Gasteiger partial charge in [0.1, 0.15) is 6.04 Å². The van der Waals surface area contributed by atoms with Crippen LogP contribution in [0.4, 0.5) is 5.13 Å². The Morgan fingerprint density at radius 1 is 1.33 bits per heavy atom. The van der Waals surface area contributed by atoms with Gasteiger partial charge in [-0.15, -0.1) is 11.3 Å². The highest BCUT2D eigenvalue weighted by atomic mass is 32.1. The lowest BCUT2D eigenvalue weighted by molar-refractivity contribution is -0.136. The number of aromatic nitrogens is 1. The molecule has 1 saturated heterocycles. The van der Waals surface area contributed by atoms with E-state index >= 15 is 0 Å². The fraction of sp³-hybridized carbons (Fsp3) is 0.333. The van der Waals surface area contributed by atoms with E-state index in [0.717, 1.165) is 22.0 Å². The summed E-state index contributed by atoms with van der Waals surface area (Å²) in [5.41, 5.74) is 8.87. The predicted octanol–water partition coefficient (Wildman–Crippen LogP) is 0.975. The van der Waals surface area contributed by atoms with E-state index < -0.39 is 11.9 Å². The van der Waals surface area contributed by atoms with E-state index in [1.54, 1.807) is 4.90 Å². The summed E-state index contributed by atoms with van der Waals surface area (Å²) < 4.78 is 0. The summed E-state index contributed by atoms with van der Waals surface area (Å²) in [6.45, 7) is 1.33. The number of thiazole rings is 1. The number of fused-ring (bicyclic) bond motifs is 1. The molecular formula is C18H19N5O3S. The molecule has 140 valence electrons. The number of carbonyl (C=O) groups is 3. The Balaban J connectivity index is 1.46. The zero-order valence-electron chi connectivity index (χ0n) is 14.5. The van der Waals surface area contributed by atoms with E-state index in [0.29, 0.717) is 31.6 Å². The first-order valence-electron chi connectivity index (χ1n) is 8.70. The second-order valence-corrected chi connectivity index (χ2v) is 7.45. The molecule has 0 saturated carbocycles. The van der Waals surface area contributed by atoms with Crippen molar-refractivity contribution in [2.45, 2.75) is 38.5 Å². The summed E-state index contributed by atoms with van der Waals surface area (Å²) in [7, 11) is 0. The Morgan fingerprint density at radius 2 is 2.19 bits per heavy atom. The van der Waals surface area contributed by atoms with Crippen LogP contribution in [0.3, 0.4) is 0 Å². The van der Waals surface area contributed by atoms with Crippen LogP contribution in [0, 0.1) is 0 Å². The number of imide groups is 1. The Labute approximate surface area is 159 Å². The summed E-state index contributed by atoms with van der Waals surface area (Å²) in [5, 5.41) is 8.24. The van der Waals surface area contributed by atoms with Crippen LogP contribution < -0.4 is 16.4 Å². The molecule has 1 aromatic heterocycles. The molecule has 2 aromatic rings. The van der Waals surface area contributed by atoms with Crippen LogP contribution in [-0.4, -0.2) is 33.6 Å². The van der Waals surface area contributed by atoms with Gasteiger partial charge in [-0.05, 0) is 23.6 Å². The molecule has 1 aromatic carbocycles. The van der Waals surface area contributed by atoms with Crippen LogP contribution >= 0.6 is 11.3 Å². The van der Waals surface area contributed by atoms with E-state index in [-0.39, 0.29) is 18.2 Å². The van der Waals surface area contributed by atoms with Crippen molar-refractivity contribution in [3.8, 4) is 0 Å². The van der Waals surface area contributed by atoms with E-state index in [2.05, 4.69) is 15.6 Å². The molecular weight excluding hydrogens is 366 g/mol. The number of amides is 3. The summed E-state index contributed by atoms with van der Waals surface area (Å²) in [4.78, 5) is 42.1. The molecule has 1 unspecified atom stereocenters. The van der Waals surface area contributed by atoms with Gasteiger partial charge in [-0.1, -0.05) is 12.1 Å². The van der Waals surface area contributed by atoms with Gasteiger partial charge in [0, 0.05) is 37.0 Å². The van der Waals surface area contributed by atoms with Crippen molar-refractivity contribution < 1.29 is 14.4 Å². The number of nitrogens with zero attached hydrogens (tertiary/aromatic N) is 2. The van der Waals surface area contributed by atoms with Crippen molar-refractivity contribution in [2.24, 2.45) is 5.73 Å². The summed E-state index contributed by atoms with van der Waals surface area (Å²) in [5.74, 6) is -0.844. The molecule has 0 bridgehead atoms. The minimum absolute atomic E-state index is 0.166. The van der Waals surface area contributed by atoms with Crippen LogP contribution in [0.1, 0.15) is 40.0 Å². The van der Waals surface area contributed by atoms with Gasteiger partial charge in [0.25, 0.3) is 5.91 Å². The van der Waals surface area contributed by atoms with E-state index in [1.807, 2.05) is 23.6 Å². The van der Waals surface area contributed by atoms with Crippen LogP contribution in [-0.2, 0) is 29.2 Å². The number of nitrogens with two attached hydrogens (primary N) is 1. The number of piperidine rings is 1.